The van der Waals surface area contributed by atoms with Crippen LogP contribution in [0.2, 0.25) is 0 Å². The van der Waals surface area contributed by atoms with E-state index in [1.807, 2.05) is 6.92 Å². The normalized spacial score (nSPS) is 10.1. The van der Waals surface area contributed by atoms with E-state index in [4.69, 9.17) is 5.73 Å². The maximum absolute atomic E-state index is 10.3. The van der Waals surface area contributed by atoms with E-state index in [9.17, 15) is 4.79 Å². The maximum atomic E-state index is 10.3. The Morgan fingerprint density at radius 3 is 2.36 bits per heavy atom. The van der Waals surface area contributed by atoms with Crippen LogP contribution in [0, 0.1) is 0 Å². The van der Waals surface area contributed by atoms with Gasteiger partial charge in [-0.15, -0.1) is 12.4 Å². The van der Waals surface area contributed by atoms with Crippen LogP contribution in [0.25, 0.3) is 0 Å². The summed E-state index contributed by atoms with van der Waals surface area (Å²) < 4.78 is 0. The third-order valence-electron chi connectivity index (χ3n) is 1.55. The van der Waals surface area contributed by atoms with Crippen molar-refractivity contribution in [2.24, 2.45) is 5.73 Å². The molecule has 3 N–H and O–H groups in total. The zero-order valence-corrected chi connectivity index (χ0v) is 9.78. The predicted octanol–water partition coefficient (Wildman–Crippen LogP) is 2.73. The van der Waals surface area contributed by atoms with Crippen LogP contribution < -0.4 is 11.1 Å². The van der Waals surface area contributed by atoms with Gasteiger partial charge in [-0.1, -0.05) is 17.2 Å². The number of carbonyl (C=O) groups excluding carboxylic acids is 1. The molecule has 3 nitrogen and oxygen atoms in total. The highest BCUT2D eigenvalue weighted by Crippen LogP contribution is 2.04. The van der Waals surface area contributed by atoms with Gasteiger partial charge in [-0.25, -0.2) is 4.79 Å². The lowest BCUT2D eigenvalue weighted by Gasteiger charge is -1.99. The second kappa shape index (κ2) is 8.63. The van der Waals surface area contributed by atoms with Crippen molar-refractivity contribution in [1.82, 2.24) is 5.32 Å². The van der Waals surface area contributed by atoms with Crippen LogP contribution in [0.3, 0.4) is 0 Å². The Labute approximate surface area is 91.8 Å². The number of carbonyl (C=O) groups is 1. The highest BCUT2D eigenvalue weighted by molar-refractivity contribution is 5.85. The van der Waals surface area contributed by atoms with Crippen molar-refractivity contribution in [1.29, 1.82) is 0 Å². The summed E-state index contributed by atoms with van der Waals surface area (Å²) in [6, 6.07) is -0.512. The minimum Gasteiger partial charge on any atom is -0.351 e. The number of amides is 2. The van der Waals surface area contributed by atoms with Gasteiger partial charge in [0.25, 0.3) is 0 Å². The van der Waals surface area contributed by atoms with E-state index in [-0.39, 0.29) is 12.4 Å². The van der Waals surface area contributed by atoms with Gasteiger partial charge in [0.1, 0.15) is 0 Å². The minimum atomic E-state index is -0.512. The standard InChI is InChI=1S/C10H18N2O.ClH/c1-8(2)5-4-6-9(3)7-12-10(11)13;/h5,7H,4,6H2,1-3H3,(H3,11,12,13);1H. The smallest absolute Gasteiger partial charge is 0.316 e. The molecule has 0 radical (unpaired) electrons. The lowest BCUT2D eigenvalue weighted by molar-refractivity contribution is 0.252. The van der Waals surface area contributed by atoms with Crippen molar-refractivity contribution in [2.45, 2.75) is 33.6 Å². The van der Waals surface area contributed by atoms with Crippen molar-refractivity contribution in [3.8, 4) is 0 Å². The van der Waals surface area contributed by atoms with Crippen molar-refractivity contribution >= 4 is 18.4 Å². The van der Waals surface area contributed by atoms with Gasteiger partial charge in [0.2, 0.25) is 0 Å². The first-order valence-corrected chi connectivity index (χ1v) is 4.37. The Hall–Kier alpha value is -0.960. The molecule has 0 aromatic carbocycles. The van der Waals surface area contributed by atoms with Crippen molar-refractivity contribution in [3.05, 3.63) is 23.4 Å². The predicted molar refractivity (Wildman–Crippen MR) is 62.4 cm³/mol. The highest BCUT2D eigenvalue weighted by Gasteiger charge is 1.90. The topological polar surface area (TPSA) is 55.1 Å². The molecule has 0 spiro atoms. The molecule has 0 saturated heterocycles. The largest absolute Gasteiger partial charge is 0.351 e. The highest BCUT2D eigenvalue weighted by atomic mass is 35.5. The molecule has 0 heterocycles. The molecule has 82 valence electrons. The molecule has 0 aromatic heterocycles. The average molecular weight is 219 g/mol. The third-order valence-corrected chi connectivity index (χ3v) is 1.55. The van der Waals surface area contributed by atoms with Gasteiger partial charge in [0.15, 0.2) is 0 Å². The first kappa shape index (κ1) is 15.5. The number of halogens is 1. The van der Waals surface area contributed by atoms with Crippen molar-refractivity contribution in [3.63, 3.8) is 0 Å². The molecule has 0 aliphatic heterocycles. The summed E-state index contributed by atoms with van der Waals surface area (Å²) in [7, 11) is 0. The molecule has 0 bridgehead atoms. The van der Waals surface area contributed by atoms with Crippen LogP contribution in [0.15, 0.2) is 23.4 Å². The summed E-state index contributed by atoms with van der Waals surface area (Å²) >= 11 is 0. The number of hydrogen-bond acceptors (Lipinski definition) is 1. The van der Waals surface area contributed by atoms with E-state index < -0.39 is 6.03 Å². The zero-order chi connectivity index (χ0) is 10.3. The van der Waals surface area contributed by atoms with Crippen LogP contribution in [0.1, 0.15) is 33.6 Å². The fourth-order valence-electron chi connectivity index (χ4n) is 0.855. The maximum Gasteiger partial charge on any atom is 0.316 e. The number of hydrogen-bond donors (Lipinski definition) is 2. The van der Waals surface area contributed by atoms with E-state index in [0.29, 0.717) is 0 Å². The molecular weight excluding hydrogens is 200 g/mol. The van der Waals surface area contributed by atoms with Gasteiger partial charge in [0, 0.05) is 6.20 Å². The van der Waals surface area contributed by atoms with Crippen molar-refractivity contribution < 1.29 is 4.79 Å². The summed E-state index contributed by atoms with van der Waals surface area (Å²) in [6.07, 6.45) is 5.78. The molecule has 2 amide bonds. The quantitative estimate of drug-likeness (QED) is 0.701. The summed E-state index contributed by atoms with van der Waals surface area (Å²) in [4.78, 5) is 10.3. The summed E-state index contributed by atoms with van der Waals surface area (Å²) in [6.45, 7) is 6.11. The lowest BCUT2D eigenvalue weighted by atomic mass is 10.1. The number of primary amides is 1. The third kappa shape index (κ3) is 11.0. The van der Waals surface area contributed by atoms with Crippen molar-refractivity contribution in [2.75, 3.05) is 0 Å². The van der Waals surface area contributed by atoms with Crippen LogP contribution in [0.4, 0.5) is 4.79 Å². The minimum absolute atomic E-state index is 0. The monoisotopic (exact) mass is 218 g/mol. The van der Waals surface area contributed by atoms with Gasteiger partial charge in [-0.2, -0.15) is 0 Å². The van der Waals surface area contributed by atoms with Gasteiger partial charge < -0.3 is 11.1 Å². The fraction of sp³-hybridized carbons (Fsp3) is 0.500. The number of urea groups is 1. The molecule has 0 aromatic rings. The van der Waals surface area contributed by atoms with E-state index in [0.717, 1.165) is 18.4 Å². The molecule has 14 heavy (non-hydrogen) atoms. The van der Waals surface area contributed by atoms with Gasteiger partial charge in [-0.3, -0.25) is 0 Å². The number of nitrogens with two attached hydrogens (primary N) is 1. The second-order valence-corrected chi connectivity index (χ2v) is 3.32. The number of allylic oxidation sites excluding steroid dienone is 3. The Morgan fingerprint density at radius 2 is 1.93 bits per heavy atom. The molecule has 0 aliphatic rings. The molecular formula is C10H19ClN2O. The van der Waals surface area contributed by atoms with E-state index >= 15 is 0 Å². The number of nitrogens with one attached hydrogen (secondary N) is 1. The Bertz CT molecular complexity index is 230. The first-order chi connectivity index (χ1) is 6.02. The SMILES string of the molecule is CC(C)=CCCC(C)=CNC(N)=O.Cl. The molecule has 0 aliphatic carbocycles. The zero-order valence-electron chi connectivity index (χ0n) is 8.96. The Balaban J connectivity index is 0. The van der Waals surface area contributed by atoms with Gasteiger partial charge in [-0.05, 0) is 33.6 Å². The summed E-state index contributed by atoms with van der Waals surface area (Å²) in [5.74, 6) is 0. The van der Waals surface area contributed by atoms with Crippen LogP contribution in [0.5, 0.6) is 0 Å². The van der Waals surface area contributed by atoms with Crippen LogP contribution in [-0.2, 0) is 0 Å². The molecule has 0 atom stereocenters. The van der Waals surface area contributed by atoms with E-state index in [1.54, 1.807) is 6.20 Å². The molecule has 0 saturated carbocycles. The molecule has 0 fully saturated rings. The van der Waals surface area contributed by atoms with E-state index in [2.05, 4.69) is 25.2 Å². The molecule has 0 unspecified atom stereocenters. The Kier molecular flexibility index (Phi) is 9.56. The molecule has 4 heteroatoms. The lowest BCUT2D eigenvalue weighted by Crippen LogP contribution is -2.24. The molecule has 0 rings (SSSR count). The van der Waals surface area contributed by atoms with E-state index in [1.165, 1.54) is 5.57 Å². The second-order valence-electron chi connectivity index (χ2n) is 3.32. The Morgan fingerprint density at radius 1 is 1.36 bits per heavy atom. The summed E-state index contributed by atoms with van der Waals surface area (Å²) in [5.41, 5.74) is 7.35. The number of rotatable bonds is 4. The van der Waals surface area contributed by atoms with Crippen LogP contribution >= 0.6 is 12.4 Å². The average Bonchev–Trinajstić information content (AvgIpc) is 2.00. The first-order valence-electron chi connectivity index (χ1n) is 4.37. The fourth-order valence-corrected chi connectivity index (χ4v) is 0.855. The van der Waals surface area contributed by atoms with Gasteiger partial charge >= 0.3 is 6.03 Å². The van der Waals surface area contributed by atoms with Gasteiger partial charge in [0.05, 0.1) is 0 Å². The summed E-state index contributed by atoms with van der Waals surface area (Å²) in [5, 5.41) is 2.44. The van der Waals surface area contributed by atoms with Crippen LogP contribution in [-0.4, -0.2) is 6.03 Å².